The molecule has 0 saturated carbocycles. The van der Waals surface area contributed by atoms with Gasteiger partial charge in [0.15, 0.2) is 0 Å². The number of nitrogens with zero attached hydrogens (tertiary/aromatic N) is 1. The summed E-state index contributed by atoms with van der Waals surface area (Å²) in [7, 11) is 0. The van der Waals surface area contributed by atoms with Gasteiger partial charge in [0.2, 0.25) is 11.8 Å². The highest BCUT2D eigenvalue weighted by atomic mass is 16.2. The van der Waals surface area contributed by atoms with Gasteiger partial charge in [0, 0.05) is 18.7 Å². The fourth-order valence-electron chi connectivity index (χ4n) is 2.67. The summed E-state index contributed by atoms with van der Waals surface area (Å²) in [5.74, 6) is -0.0347. The molecule has 1 saturated heterocycles. The number of nitrogens with one attached hydrogen (secondary N) is 1. The zero-order chi connectivity index (χ0) is 14.7. The summed E-state index contributed by atoms with van der Waals surface area (Å²) in [5, 5.41) is 2.83. The van der Waals surface area contributed by atoms with Crippen molar-refractivity contribution in [3.8, 4) is 0 Å². The topological polar surface area (TPSA) is 49.4 Å². The number of aryl methyl sites for hydroxylation is 2. The van der Waals surface area contributed by atoms with Crippen molar-refractivity contribution in [3.63, 3.8) is 0 Å². The van der Waals surface area contributed by atoms with E-state index in [-0.39, 0.29) is 17.9 Å². The van der Waals surface area contributed by atoms with E-state index in [0.29, 0.717) is 19.4 Å². The van der Waals surface area contributed by atoms with Crippen LogP contribution >= 0.6 is 0 Å². The highest BCUT2D eigenvalue weighted by Crippen LogP contribution is 2.24. The summed E-state index contributed by atoms with van der Waals surface area (Å²) in [6.45, 7) is 6.67. The maximum Gasteiger partial charge on any atom is 0.249 e. The Bertz CT molecular complexity index is 505. The van der Waals surface area contributed by atoms with Crippen LogP contribution in [0.5, 0.6) is 0 Å². The first-order valence-corrected chi connectivity index (χ1v) is 7.20. The van der Waals surface area contributed by atoms with Crippen LogP contribution in [0.3, 0.4) is 0 Å². The lowest BCUT2D eigenvalue weighted by Crippen LogP contribution is -2.41. The lowest BCUT2D eigenvalue weighted by Gasteiger charge is -2.18. The second-order valence-corrected chi connectivity index (χ2v) is 5.49. The van der Waals surface area contributed by atoms with Gasteiger partial charge in [-0.15, -0.1) is 0 Å². The number of hydrogen-bond donors (Lipinski definition) is 1. The van der Waals surface area contributed by atoms with E-state index in [1.165, 1.54) is 0 Å². The van der Waals surface area contributed by atoms with Gasteiger partial charge in [-0.05, 0) is 49.9 Å². The number of amides is 2. The van der Waals surface area contributed by atoms with Crippen LogP contribution < -0.4 is 10.2 Å². The standard InChI is InChI=1S/C16H22N2O2/c1-4-5-15(19)17-14-6-7-18(16(14)20)13-9-11(2)8-12(3)10-13/h8-10,14H,4-7H2,1-3H3,(H,17,19). The van der Waals surface area contributed by atoms with E-state index < -0.39 is 0 Å². The van der Waals surface area contributed by atoms with Crippen molar-refractivity contribution in [2.45, 2.75) is 46.1 Å². The highest BCUT2D eigenvalue weighted by molar-refractivity contribution is 6.01. The normalized spacial score (nSPS) is 18.4. The van der Waals surface area contributed by atoms with E-state index in [9.17, 15) is 9.59 Å². The minimum absolute atomic E-state index is 0.000506. The van der Waals surface area contributed by atoms with Crippen LogP contribution in [0.4, 0.5) is 5.69 Å². The van der Waals surface area contributed by atoms with Crippen molar-refractivity contribution in [1.82, 2.24) is 5.32 Å². The monoisotopic (exact) mass is 274 g/mol. The van der Waals surface area contributed by atoms with Crippen LogP contribution in [-0.4, -0.2) is 24.4 Å². The quantitative estimate of drug-likeness (QED) is 0.916. The molecule has 1 aromatic rings. The van der Waals surface area contributed by atoms with Crippen molar-refractivity contribution in [2.75, 3.05) is 11.4 Å². The fraction of sp³-hybridized carbons (Fsp3) is 0.500. The van der Waals surface area contributed by atoms with Crippen LogP contribution in [0.1, 0.15) is 37.3 Å². The summed E-state index contributed by atoms with van der Waals surface area (Å²) in [6.07, 6.45) is 1.96. The SMILES string of the molecule is CCCC(=O)NC1CCN(c2cc(C)cc(C)c2)C1=O. The average Bonchev–Trinajstić information content (AvgIpc) is 2.70. The molecular formula is C16H22N2O2. The van der Waals surface area contributed by atoms with Crippen molar-refractivity contribution in [3.05, 3.63) is 29.3 Å². The summed E-state index contributed by atoms with van der Waals surface area (Å²) in [6, 6.07) is 5.75. The molecule has 1 heterocycles. The number of benzene rings is 1. The summed E-state index contributed by atoms with van der Waals surface area (Å²) in [5.41, 5.74) is 3.22. The molecule has 0 spiro atoms. The number of carbonyl (C=O) groups excluding carboxylic acids is 2. The minimum Gasteiger partial charge on any atom is -0.344 e. The number of carbonyl (C=O) groups is 2. The van der Waals surface area contributed by atoms with E-state index in [2.05, 4.69) is 11.4 Å². The van der Waals surface area contributed by atoms with Crippen LogP contribution in [0.2, 0.25) is 0 Å². The average molecular weight is 274 g/mol. The van der Waals surface area contributed by atoms with Crippen LogP contribution in [0, 0.1) is 13.8 Å². The predicted molar refractivity (Wildman–Crippen MR) is 79.7 cm³/mol. The lowest BCUT2D eigenvalue weighted by atomic mass is 10.1. The molecule has 0 radical (unpaired) electrons. The Morgan fingerprint density at radius 1 is 1.30 bits per heavy atom. The van der Waals surface area contributed by atoms with E-state index in [4.69, 9.17) is 0 Å². The van der Waals surface area contributed by atoms with Crippen molar-refractivity contribution in [2.24, 2.45) is 0 Å². The van der Waals surface area contributed by atoms with Crippen molar-refractivity contribution in [1.29, 1.82) is 0 Å². The summed E-state index contributed by atoms with van der Waals surface area (Å²) in [4.78, 5) is 25.8. The van der Waals surface area contributed by atoms with Gasteiger partial charge in [-0.2, -0.15) is 0 Å². The van der Waals surface area contributed by atoms with Crippen LogP contribution in [0.25, 0.3) is 0 Å². The van der Waals surface area contributed by atoms with Gasteiger partial charge in [0.05, 0.1) is 0 Å². The number of hydrogen-bond acceptors (Lipinski definition) is 2. The first-order valence-electron chi connectivity index (χ1n) is 7.20. The molecule has 0 aromatic heterocycles. The van der Waals surface area contributed by atoms with E-state index in [1.54, 1.807) is 4.90 Å². The van der Waals surface area contributed by atoms with Crippen LogP contribution in [-0.2, 0) is 9.59 Å². The predicted octanol–water partition coefficient (Wildman–Crippen LogP) is 2.33. The van der Waals surface area contributed by atoms with E-state index >= 15 is 0 Å². The fourth-order valence-corrected chi connectivity index (χ4v) is 2.67. The maximum atomic E-state index is 12.4. The van der Waals surface area contributed by atoms with E-state index in [1.807, 2.05) is 32.9 Å². The smallest absolute Gasteiger partial charge is 0.249 e. The molecule has 0 aliphatic carbocycles. The third kappa shape index (κ3) is 3.18. The van der Waals surface area contributed by atoms with Crippen molar-refractivity contribution < 1.29 is 9.59 Å². The summed E-state index contributed by atoms with van der Waals surface area (Å²) >= 11 is 0. The third-order valence-corrected chi connectivity index (χ3v) is 3.54. The second-order valence-electron chi connectivity index (χ2n) is 5.49. The highest BCUT2D eigenvalue weighted by Gasteiger charge is 2.33. The molecule has 20 heavy (non-hydrogen) atoms. The zero-order valence-electron chi connectivity index (χ0n) is 12.4. The molecule has 4 heteroatoms. The Hall–Kier alpha value is -1.84. The molecule has 1 aromatic carbocycles. The van der Waals surface area contributed by atoms with Gasteiger partial charge in [-0.1, -0.05) is 13.0 Å². The third-order valence-electron chi connectivity index (χ3n) is 3.54. The zero-order valence-corrected chi connectivity index (χ0v) is 12.4. The van der Waals surface area contributed by atoms with E-state index in [0.717, 1.165) is 23.2 Å². The van der Waals surface area contributed by atoms with Gasteiger partial charge in [0.25, 0.3) is 0 Å². The molecule has 2 rings (SSSR count). The minimum atomic E-state index is -0.366. The second kappa shape index (κ2) is 6.07. The maximum absolute atomic E-state index is 12.4. The largest absolute Gasteiger partial charge is 0.344 e. The number of anilines is 1. The van der Waals surface area contributed by atoms with Gasteiger partial charge in [-0.25, -0.2) is 0 Å². The molecule has 1 aliphatic heterocycles. The van der Waals surface area contributed by atoms with Crippen molar-refractivity contribution >= 4 is 17.5 Å². The van der Waals surface area contributed by atoms with Crippen LogP contribution in [0.15, 0.2) is 18.2 Å². The Morgan fingerprint density at radius 2 is 1.95 bits per heavy atom. The molecule has 4 nitrogen and oxygen atoms in total. The van der Waals surface area contributed by atoms with Gasteiger partial charge in [0.1, 0.15) is 6.04 Å². The molecular weight excluding hydrogens is 252 g/mol. The molecule has 1 aliphatic rings. The Labute approximate surface area is 120 Å². The Balaban J connectivity index is 2.09. The molecule has 2 amide bonds. The summed E-state index contributed by atoms with van der Waals surface area (Å²) < 4.78 is 0. The van der Waals surface area contributed by atoms with Gasteiger partial charge >= 0.3 is 0 Å². The molecule has 1 N–H and O–H groups in total. The molecule has 0 bridgehead atoms. The first-order chi connectivity index (χ1) is 9.51. The Morgan fingerprint density at radius 3 is 2.55 bits per heavy atom. The number of rotatable bonds is 4. The molecule has 108 valence electrons. The lowest BCUT2D eigenvalue weighted by molar-refractivity contribution is -0.126. The Kier molecular flexibility index (Phi) is 4.42. The van der Waals surface area contributed by atoms with Gasteiger partial charge < -0.3 is 10.2 Å². The molecule has 1 atom stereocenters. The van der Waals surface area contributed by atoms with Gasteiger partial charge in [-0.3, -0.25) is 9.59 Å². The first kappa shape index (κ1) is 14.6. The molecule has 1 unspecified atom stereocenters. The molecule has 1 fully saturated rings.